The molecule has 0 aliphatic carbocycles. The largest absolute Gasteiger partial charge is 0.378 e. The van der Waals surface area contributed by atoms with Crippen LogP contribution in [0.15, 0.2) is 0 Å². The Kier molecular flexibility index (Phi) is 5.13. The van der Waals surface area contributed by atoms with Crippen LogP contribution in [-0.2, 0) is 14.9 Å². The highest BCUT2D eigenvalue weighted by atomic mass is 32.2. The van der Waals surface area contributed by atoms with Gasteiger partial charge in [-0.2, -0.15) is 12.7 Å². The number of hydrogen-bond acceptors (Lipinski definition) is 4. The molecule has 1 atom stereocenters. The van der Waals surface area contributed by atoms with Crippen LogP contribution in [0.1, 0.15) is 13.8 Å². The summed E-state index contributed by atoms with van der Waals surface area (Å²) in [5, 5.41) is 0. The number of rotatable bonds is 5. The summed E-state index contributed by atoms with van der Waals surface area (Å²) in [5.74, 6) is 0.284. The van der Waals surface area contributed by atoms with Crippen LogP contribution in [0.25, 0.3) is 0 Å². The molecular formula is C9H21N3O3S. The number of morpholine rings is 1. The Balaban J connectivity index is 2.64. The van der Waals surface area contributed by atoms with E-state index < -0.39 is 10.2 Å². The molecule has 0 aromatic carbocycles. The summed E-state index contributed by atoms with van der Waals surface area (Å²) >= 11 is 0. The first-order chi connectivity index (χ1) is 7.47. The van der Waals surface area contributed by atoms with E-state index in [0.29, 0.717) is 26.3 Å². The molecule has 1 saturated heterocycles. The molecule has 1 aliphatic rings. The molecule has 1 fully saturated rings. The van der Waals surface area contributed by atoms with Crippen LogP contribution in [0.5, 0.6) is 0 Å². The van der Waals surface area contributed by atoms with Gasteiger partial charge in [-0.1, -0.05) is 13.8 Å². The molecule has 3 N–H and O–H groups in total. The van der Waals surface area contributed by atoms with Crippen molar-refractivity contribution in [3.63, 3.8) is 0 Å². The van der Waals surface area contributed by atoms with E-state index in [4.69, 9.17) is 10.5 Å². The van der Waals surface area contributed by atoms with E-state index in [-0.39, 0.29) is 18.5 Å². The van der Waals surface area contributed by atoms with Crippen LogP contribution in [0.4, 0.5) is 0 Å². The Morgan fingerprint density at radius 2 is 2.25 bits per heavy atom. The highest BCUT2D eigenvalue weighted by Gasteiger charge is 2.31. The van der Waals surface area contributed by atoms with Gasteiger partial charge in [-0.25, -0.2) is 4.72 Å². The number of nitrogens with two attached hydrogens (primary N) is 1. The molecule has 1 rings (SSSR count). The molecule has 0 spiro atoms. The Morgan fingerprint density at radius 3 is 2.81 bits per heavy atom. The van der Waals surface area contributed by atoms with Gasteiger partial charge in [0, 0.05) is 19.6 Å². The maximum atomic E-state index is 12.0. The molecule has 7 heteroatoms. The molecule has 0 bridgehead atoms. The van der Waals surface area contributed by atoms with E-state index in [1.807, 2.05) is 13.8 Å². The van der Waals surface area contributed by atoms with Crippen LogP contribution >= 0.6 is 0 Å². The smallest absolute Gasteiger partial charge is 0.279 e. The third-order valence-electron chi connectivity index (χ3n) is 2.43. The first-order valence-electron chi connectivity index (χ1n) is 5.51. The zero-order valence-electron chi connectivity index (χ0n) is 9.85. The van der Waals surface area contributed by atoms with Crippen molar-refractivity contribution < 1.29 is 13.2 Å². The lowest BCUT2D eigenvalue weighted by Gasteiger charge is -2.33. The fraction of sp³-hybridized carbons (Fsp3) is 1.00. The van der Waals surface area contributed by atoms with E-state index in [1.54, 1.807) is 0 Å². The minimum Gasteiger partial charge on any atom is -0.378 e. The second-order valence-corrected chi connectivity index (χ2v) is 6.03. The van der Waals surface area contributed by atoms with Crippen LogP contribution < -0.4 is 10.5 Å². The van der Waals surface area contributed by atoms with E-state index in [9.17, 15) is 8.42 Å². The fourth-order valence-corrected chi connectivity index (χ4v) is 3.06. The lowest BCUT2D eigenvalue weighted by molar-refractivity contribution is 0.0352. The maximum Gasteiger partial charge on any atom is 0.279 e. The predicted molar refractivity (Wildman–Crippen MR) is 62.1 cm³/mol. The summed E-state index contributed by atoms with van der Waals surface area (Å²) in [5.41, 5.74) is 5.53. The molecule has 0 amide bonds. The molecule has 0 saturated carbocycles. The zero-order chi connectivity index (χ0) is 12.2. The maximum absolute atomic E-state index is 12.0. The molecule has 0 aromatic rings. The van der Waals surface area contributed by atoms with Gasteiger partial charge in [0.1, 0.15) is 0 Å². The average Bonchev–Trinajstić information content (AvgIpc) is 2.26. The summed E-state index contributed by atoms with van der Waals surface area (Å²) in [6.07, 6.45) is 0. The third-order valence-corrected chi connectivity index (χ3v) is 4.06. The lowest BCUT2D eigenvalue weighted by atomic mass is 10.2. The van der Waals surface area contributed by atoms with Crippen molar-refractivity contribution in [2.45, 2.75) is 19.9 Å². The second kappa shape index (κ2) is 5.92. The predicted octanol–water partition coefficient (Wildman–Crippen LogP) is -0.864. The van der Waals surface area contributed by atoms with Gasteiger partial charge in [-0.05, 0) is 5.92 Å². The number of nitrogens with zero attached hydrogens (tertiary/aromatic N) is 1. The summed E-state index contributed by atoms with van der Waals surface area (Å²) < 4.78 is 33.1. The number of nitrogens with one attached hydrogen (secondary N) is 1. The second-order valence-electron chi connectivity index (χ2n) is 4.32. The van der Waals surface area contributed by atoms with Crippen molar-refractivity contribution >= 4 is 10.2 Å². The normalized spacial score (nSPS) is 23.9. The van der Waals surface area contributed by atoms with Gasteiger partial charge in [-0.3, -0.25) is 0 Å². The first-order valence-corrected chi connectivity index (χ1v) is 6.95. The van der Waals surface area contributed by atoms with Crippen LogP contribution in [-0.4, -0.2) is 51.6 Å². The summed E-state index contributed by atoms with van der Waals surface area (Å²) in [6, 6.07) is -0.251. The van der Waals surface area contributed by atoms with E-state index in [0.717, 1.165) is 0 Å². The van der Waals surface area contributed by atoms with E-state index >= 15 is 0 Å². The average molecular weight is 251 g/mol. The van der Waals surface area contributed by atoms with E-state index in [2.05, 4.69) is 4.72 Å². The minimum absolute atomic E-state index is 0.251. The van der Waals surface area contributed by atoms with E-state index in [1.165, 1.54) is 4.31 Å². The number of hydrogen-bond donors (Lipinski definition) is 2. The topological polar surface area (TPSA) is 84.7 Å². The highest BCUT2D eigenvalue weighted by Crippen LogP contribution is 2.10. The molecule has 1 aliphatic heterocycles. The van der Waals surface area contributed by atoms with Gasteiger partial charge in [-0.15, -0.1) is 0 Å². The molecule has 6 nitrogen and oxygen atoms in total. The molecule has 16 heavy (non-hydrogen) atoms. The van der Waals surface area contributed by atoms with Crippen molar-refractivity contribution in [2.24, 2.45) is 11.7 Å². The van der Waals surface area contributed by atoms with Gasteiger partial charge in [0.15, 0.2) is 0 Å². The first kappa shape index (κ1) is 13.9. The summed E-state index contributed by atoms with van der Waals surface area (Å²) in [6.45, 7) is 5.82. The molecule has 1 heterocycles. The Hall–Kier alpha value is -0.210. The zero-order valence-corrected chi connectivity index (χ0v) is 10.7. The van der Waals surface area contributed by atoms with Crippen LogP contribution in [0.2, 0.25) is 0 Å². The highest BCUT2D eigenvalue weighted by molar-refractivity contribution is 7.87. The third kappa shape index (κ3) is 3.67. The molecule has 0 aromatic heterocycles. The standard InChI is InChI=1S/C9H21N3O3S/c1-8(2)6-11-16(13,14)12-3-4-15-7-9(12)5-10/h8-9,11H,3-7,10H2,1-2H3. The lowest BCUT2D eigenvalue weighted by Crippen LogP contribution is -2.55. The summed E-state index contributed by atoms with van der Waals surface area (Å²) in [4.78, 5) is 0. The fourth-order valence-electron chi connectivity index (χ4n) is 1.50. The monoisotopic (exact) mass is 251 g/mol. The quantitative estimate of drug-likeness (QED) is 0.665. The number of ether oxygens (including phenoxy) is 1. The van der Waals surface area contributed by atoms with Crippen molar-refractivity contribution in [1.82, 2.24) is 9.03 Å². The van der Waals surface area contributed by atoms with Crippen molar-refractivity contribution in [2.75, 3.05) is 32.8 Å². The molecule has 1 unspecified atom stereocenters. The molecular weight excluding hydrogens is 230 g/mol. The molecule has 96 valence electrons. The van der Waals surface area contributed by atoms with Crippen molar-refractivity contribution in [1.29, 1.82) is 0 Å². The summed E-state index contributed by atoms with van der Waals surface area (Å²) in [7, 11) is -3.42. The van der Waals surface area contributed by atoms with Crippen LogP contribution in [0, 0.1) is 5.92 Å². The van der Waals surface area contributed by atoms with Crippen LogP contribution in [0.3, 0.4) is 0 Å². The van der Waals surface area contributed by atoms with Crippen molar-refractivity contribution in [3.05, 3.63) is 0 Å². The Morgan fingerprint density at radius 1 is 1.56 bits per heavy atom. The molecule has 0 radical (unpaired) electrons. The SMILES string of the molecule is CC(C)CNS(=O)(=O)N1CCOCC1CN. The Bertz CT molecular complexity index is 305. The van der Waals surface area contributed by atoms with Crippen molar-refractivity contribution in [3.8, 4) is 0 Å². The van der Waals surface area contributed by atoms with Gasteiger partial charge in [0.2, 0.25) is 0 Å². The minimum atomic E-state index is -3.42. The van der Waals surface area contributed by atoms with Gasteiger partial charge in [0.25, 0.3) is 10.2 Å². The van der Waals surface area contributed by atoms with Gasteiger partial charge >= 0.3 is 0 Å². The van der Waals surface area contributed by atoms with Gasteiger partial charge in [0.05, 0.1) is 19.3 Å². The van der Waals surface area contributed by atoms with Gasteiger partial charge < -0.3 is 10.5 Å². The Labute approximate surface area is 97.3 Å².